The molecule has 0 radical (unpaired) electrons. The molecule has 0 saturated carbocycles. The van der Waals surface area contributed by atoms with Crippen molar-refractivity contribution in [3.63, 3.8) is 0 Å². The second-order valence-corrected chi connectivity index (χ2v) is 9.63. The molecule has 36 heavy (non-hydrogen) atoms. The highest BCUT2D eigenvalue weighted by Gasteiger charge is 2.20. The number of aromatic amines is 2. The third kappa shape index (κ3) is 7.39. The molecule has 2 heterocycles. The number of fused-ring (bicyclic) bond motifs is 1. The number of hydrogen-bond donors (Lipinski definition) is 2. The van der Waals surface area contributed by atoms with Crippen LogP contribution in [0.4, 0.5) is 5.95 Å². The van der Waals surface area contributed by atoms with Gasteiger partial charge in [0, 0.05) is 31.6 Å². The quantitative estimate of drug-likeness (QED) is 0.160. The summed E-state index contributed by atoms with van der Waals surface area (Å²) in [5.74, 6) is 0.319. The number of benzene rings is 2. The number of hydrogen-bond acceptors (Lipinski definition) is 3. The molecule has 6 nitrogen and oxygen atoms in total. The second-order valence-electron chi connectivity index (χ2n) is 9.27. The van der Waals surface area contributed by atoms with Crippen LogP contribution in [0, 0.1) is 0 Å². The average molecular weight is 505 g/mol. The molecule has 0 aliphatic rings. The molecule has 0 saturated heterocycles. The van der Waals surface area contributed by atoms with Crippen LogP contribution in [0.15, 0.2) is 66.9 Å². The molecule has 0 atom stereocenters. The molecule has 0 fully saturated rings. The number of amides is 1. The standard InChI is InChI=1S/C29H34ClN5O/c1-2-3-4-5-12-17-25(36)32-29-33-27(30)26-24(18-31-28(26)34-29)21-35(19-22-13-8-6-9-14-22)20-23-15-10-7-11-16-23/h6-11,13-16,18H,2-5,12,17,19-21H2,1H3,(H2,31,32,33,34,36)/p+1. The van der Waals surface area contributed by atoms with Crippen LogP contribution < -0.4 is 10.3 Å². The molecule has 0 bridgehead atoms. The number of carbonyl (C=O) groups is 1. The third-order valence-corrected chi connectivity index (χ3v) is 6.55. The van der Waals surface area contributed by atoms with Crippen LogP contribution >= 0.6 is 11.6 Å². The summed E-state index contributed by atoms with van der Waals surface area (Å²) in [7, 11) is 0. The van der Waals surface area contributed by atoms with Crippen molar-refractivity contribution in [3.8, 4) is 0 Å². The Kier molecular flexibility index (Phi) is 9.47. The minimum atomic E-state index is -0.0469. The van der Waals surface area contributed by atoms with Gasteiger partial charge in [0.1, 0.15) is 0 Å². The highest BCUT2D eigenvalue weighted by atomic mass is 35.5. The fraction of sp³-hybridized carbons (Fsp3) is 0.345. The smallest absolute Gasteiger partial charge is 0.296 e. The fourth-order valence-electron chi connectivity index (χ4n) is 4.46. The van der Waals surface area contributed by atoms with E-state index in [1.54, 1.807) is 0 Å². The van der Waals surface area contributed by atoms with Crippen LogP contribution in [0.5, 0.6) is 0 Å². The maximum atomic E-state index is 12.4. The highest BCUT2D eigenvalue weighted by molar-refractivity contribution is 6.34. The van der Waals surface area contributed by atoms with Crippen molar-refractivity contribution < 1.29 is 9.78 Å². The number of rotatable bonds is 13. The number of aromatic nitrogens is 3. The van der Waals surface area contributed by atoms with Gasteiger partial charge in [0.25, 0.3) is 5.91 Å². The van der Waals surface area contributed by atoms with Gasteiger partial charge < -0.3 is 0 Å². The third-order valence-electron chi connectivity index (χ3n) is 6.28. The highest BCUT2D eigenvalue weighted by Crippen LogP contribution is 2.26. The number of halogens is 1. The van der Waals surface area contributed by atoms with Crippen LogP contribution in [0.1, 0.15) is 62.1 Å². The molecule has 4 aromatic rings. The van der Waals surface area contributed by atoms with E-state index in [9.17, 15) is 4.79 Å². The number of H-pyrrole nitrogens is 2. The summed E-state index contributed by atoms with van der Waals surface area (Å²) in [6, 6.07) is 20.9. The van der Waals surface area contributed by atoms with E-state index in [0.29, 0.717) is 24.1 Å². The number of nitrogens with one attached hydrogen (secondary N) is 3. The van der Waals surface area contributed by atoms with Gasteiger partial charge in [-0.15, -0.1) is 0 Å². The first-order valence-corrected chi connectivity index (χ1v) is 13.2. The first kappa shape index (κ1) is 25.9. The molecule has 3 N–H and O–H groups in total. The van der Waals surface area contributed by atoms with Gasteiger partial charge in [-0.25, -0.2) is 10.3 Å². The van der Waals surface area contributed by atoms with E-state index in [-0.39, 0.29) is 5.91 Å². The first-order chi connectivity index (χ1) is 17.6. The van der Waals surface area contributed by atoms with Crippen molar-refractivity contribution in [1.29, 1.82) is 0 Å². The van der Waals surface area contributed by atoms with Crippen molar-refractivity contribution >= 4 is 34.5 Å². The lowest BCUT2D eigenvalue weighted by Crippen LogP contribution is -2.23. The SMILES string of the molecule is CCCCCCCC(=O)Nc1nc(Cl)c2c(CN(Cc3ccccc3)Cc3ccccc3)c[nH]c2[nH+]1. The summed E-state index contributed by atoms with van der Waals surface area (Å²) < 4.78 is 0. The van der Waals surface area contributed by atoms with Gasteiger partial charge >= 0.3 is 5.95 Å². The summed E-state index contributed by atoms with van der Waals surface area (Å²) in [6.45, 7) is 4.50. The van der Waals surface area contributed by atoms with Gasteiger partial charge in [-0.1, -0.05) is 98.3 Å². The number of nitrogens with zero attached hydrogens (tertiary/aromatic N) is 2. The Hall–Kier alpha value is -3.22. The topological polar surface area (TPSA) is 75.2 Å². The Morgan fingerprint density at radius 1 is 0.944 bits per heavy atom. The van der Waals surface area contributed by atoms with Gasteiger partial charge in [0.15, 0.2) is 0 Å². The van der Waals surface area contributed by atoms with E-state index in [4.69, 9.17) is 11.6 Å². The van der Waals surface area contributed by atoms with Crippen molar-refractivity contribution in [2.24, 2.45) is 0 Å². The minimum absolute atomic E-state index is 0.0469. The van der Waals surface area contributed by atoms with E-state index >= 15 is 0 Å². The second kappa shape index (κ2) is 13.2. The van der Waals surface area contributed by atoms with Crippen LogP contribution in [0.25, 0.3) is 11.0 Å². The summed E-state index contributed by atoms with van der Waals surface area (Å²) in [5.41, 5.74) is 4.31. The van der Waals surface area contributed by atoms with E-state index in [1.165, 1.54) is 30.4 Å². The van der Waals surface area contributed by atoms with Gasteiger partial charge in [-0.2, -0.15) is 0 Å². The van der Waals surface area contributed by atoms with Gasteiger partial charge in [-0.05, 0) is 29.1 Å². The molecule has 0 aliphatic carbocycles. The van der Waals surface area contributed by atoms with E-state index in [0.717, 1.165) is 42.5 Å². The van der Waals surface area contributed by atoms with Crippen molar-refractivity contribution in [3.05, 3.63) is 88.7 Å². The Morgan fingerprint density at radius 3 is 2.22 bits per heavy atom. The van der Waals surface area contributed by atoms with Crippen molar-refractivity contribution in [2.75, 3.05) is 5.32 Å². The summed E-state index contributed by atoms with van der Waals surface area (Å²) in [5, 5.41) is 4.08. The fourth-order valence-corrected chi connectivity index (χ4v) is 4.76. The molecule has 1 amide bonds. The molecular formula is C29H35ClN5O+. The Labute approximate surface area is 218 Å². The summed E-state index contributed by atoms with van der Waals surface area (Å²) >= 11 is 6.64. The Bertz CT molecular complexity index is 1200. The zero-order chi connectivity index (χ0) is 25.2. The molecule has 188 valence electrons. The normalized spacial score (nSPS) is 11.3. The molecular weight excluding hydrogens is 470 g/mol. The zero-order valence-electron chi connectivity index (χ0n) is 20.9. The predicted molar refractivity (Wildman–Crippen MR) is 146 cm³/mol. The number of carbonyl (C=O) groups excluding carboxylic acids is 1. The van der Waals surface area contributed by atoms with Crippen LogP contribution in [-0.2, 0) is 24.4 Å². The molecule has 2 aromatic carbocycles. The summed E-state index contributed by atoms with van der Waals surface area (Å²) in [6.07, 6.45) is 7.98. The lowest BCUT2D eigenvalue weighted by Gasteiger charge is -2.22. The Morgan fingerprint density at radius 2 is 1.58 bits per heavy atom. The lowest BCUT2D eigenvalue weighted by molar-refractivity contribution is -0.333. The van der Waals surface area contributed by atoms with Crippen LogP contribution in [-0.4, -0.2) is 20.8 Å². The lowest BCUT2D eigenvalue weighted by atomic mass is 10.1. The largest absolute Gasteiger partial charge is 0.353 e. The molecule has 0 unspecified atom stereocenters. The Balaban J connectivity index is 1.47. The van der Waals surface area contributed by atoms with E-state index < -0.39 is 0 Å². The monoisotopic (exact) mass is 504 g/mol. The molecule has 2 aromatic heterocycles. The number of unbranched alkanes of at least 4 members (excludes halogenated alkanes) is 4. The van der Waals surface area contributed by atoms with Gasteiger partial charge in [0.2, 0.25) is 10.8 Å². The summed E-state index contributed by atoms with van der Waals surface area (Å²) in [4.78, 5) is 25.7. The average Bonchev–Trinajstić information content (AvgIpc) is 3.28. The minimum Gasteiger partial charge on any atom is -0.296 e. The molecule has 0 aliphatic heterocycles. The van der Waals surface area contributed by atoms with E-state index in [1.807, 2.05) is 18.3 Å². The maximum absolute atomic E-state index is 12.4. The zero-order valence-corrected chi connectivity index (χ0v) is 21.7. The van der Waals surface area contributed by atoms with Crippen LogP contribution in [0.3, 0.4) is 0 Å². The maximum Gasteiger partial charge on any atom is 0.353 e. The van der Waals surface area contributed by atoms with Gasteiger partial charge in [0.05, 0.1) is 11.6 Å². The van der Waals surface area contributed by atoms with Crippen molar-refractivity contribution in [2.45, 2.75) is 65.1 Å². The van der Waals surface area contributed by atoms with Gasteiger partial charge in [-0.3, -0.25) is 14.7 Å². The van der Waals surface area contributed by atoms with E-state index in [2.05, 4.69) is 80.6 Å². The molecule has 0 spiro atoms. The predicted octanol–water partition coefficient (Wildman–Crippen LogP) is 6.53. The molecule has 7 heteroatoms. The number of anilines is 1. The van der Waals surface area contributed by atoms with Crippen LogP contribution in [0.2, 0.25) is 5.15 Å². The first-order valence-electron chi connectivity index (χ1n) is 12.8. The molecule has 4 rings (SSSR count). The van der Waals surface area contributed by atoms with Crippen molar-refractivity contribution in [1.82, 2.24) is 14.9 Å².